The van der Waals surface area contributed by atoms with Crippen LogP contribution in [-0.2, 0) is 75.9 Å². The molecule has 13 rings (SSSR count). The molecule has 0 unspecified atom stereocenters. The van der Waals surface area contributed by atoms with E-state index in [1.165, 1.54) is 121 Å². The third-order valence-electron chi connectivity index (χ3n) is 18.4. The largest absolute Gasteiger partial charge is 0.459 e. The lowest BCUT2D eigenvalue weighted by Crippen LogP contribution is -2.75. The smallest absolute Gasteiger partial charge is 0.367 e. The average Bonchev–Trinajstić information content (AvgIpc) is 0.723. The Morgan fingerprint density at radius 3 is 1.25 bits per heavy atom. The summed E-state index contributed by atoms with van der Waals surface area (Å²) in [5, 5.41) is 15.9. The lowest BCUT2D eigenvalue weighted by molar-refractivity contribution is -0.403. The number of hydrogen-bond donors (Lipinski definition) is 2. The first-order valence-electron chi connectivity index (χ1n) is 35.6. The molecule has 0 bridgehead atoms. The third-order valence-corrected chi connectivity index (χ3v) is 19.6. The number of rotatable bonds is 26. The lowest BCUT2D eigenvalue weighted by atomic mass is 9.86. The van der Waals surface area contributed by atoms with Crippen LogP contribution in [0.5, 0.6) is 0 Å². The van der Waals surface area contributed by atoms with Crippen molar-refractivity contribution in [3.05, 3.63) is 317 Å². The van der Waals surface area contributed by atoms with Gasteiger partial charge in [-0.1, -0.05) is 176 Å². The van der Waals surface area contributed by atoms with Crippen molar-refractivity contribution in [2.45, 2.75) is 115 Å². The number of aliphatic hydroxyl groups is 1. The number of nitrogens with one attached hydrogen (secondary N) is 1. The van der Waals surface area contributed by atoms with Crippen LogP contribution < -0.4 is 5.32 Å². The van der Waals surface area contributed by atoms with Gasteiger partial charge in [-0.05, 0) is 109 Å². The molecule has 2 N–H and O–H groups in total. The van der Waals surface area contributed by atoms with Gasteiger partial charge in [-0.3, -0.25) is 4.79 Å². The van der Waals surface area contributed by atoms with E-state index in [0.717, 1.165) is 18.7 Å². The SMILES string of the molecule is CC(=O)N[C@H]1[C@H]([C@H](O)[C@@H](COC(=O)c2ccccc2)OC(=O)c2ccccc2)O[C@@]2(C[C@@H]1OC(=O)c1ccccc1)O[C@H]1[C@@H](OC(=O)c3ccccc3)[C@@H](COC(=O)c3ccccc3)O[C@@H](O[C@H]3[C@H](OC(=O)c4ccccc4)[C@@H](OC(=O)c4ccccc4)[C@H](Sc4ccccc4)O[C@@H]3COC(=O)c3ccccc3)[C@@H]1OC2=O. The summed E-state index contributed by atoms with van der Waals surface area (Å²) in [5.41, 5.74) is -1.28. The Morgan fingerprint density at radius 2 is 0.812 bits per heavy atom. The first-order chi connectivity index (χ1) is 54.4. The van der Waals surface area contributed by atoms with Crippen molar-refractivity contribution in [2.75, 3.05) is 19.8 Å². The summed E-state index contributed by atoms with van der Waals surface area (Å²) in [7, 11) is 0. The van der Waals surface area contributed by atoms with Crippen LogP contribution in [0.25, 0.3) is 0 Å². The molecule has 0 aromatic heterocycles. The van der Waals surface area contributed by atoms with Crippen LogP contribution in [0.3, 0.4) is 0 Å². The molecule has 0 aliphatic carbocycles. The number of aliphatic hydroxyl groups excluding tert-OH is 1. The highest BCUT2D eigenvalue weighted by atomic mass is 32.2. The van der Waals surface area contributed by atoms with Gasteiger partial charge < -0.3 is 76.7 Å². The molecule has 1 amide bonds. The summed E-state index contributed by atoms with van der Waals surface area (Å²) in [4.78, 5) is 146. The van der Waals surface area contributed by atoms with E-state index in [2.05, 4.69) is 5.32 Å². The van der Waals surface area contributed by atoms with Crippen LogP contribution in [0.15, 0.2) is 278 Å². The van der Waals surface area contributed by atoms with Crippen molar-refractivity contribution in [3.63, 3.8) is 0 Å². The van der Waals surface area contributed by atoms with Crippen molar-refractivity contribution in [2.24, 2.45) is 0 Å². The van der Waals surface area contributed by atoms with Crippen molar-refractivity contribution < 1.29 is 119 Å². The molecular formula is C85H73NO25S. The van der Waals surface area contributed by atoms with Crippen molar-refractivity contribution in [1.82, 2.24) is 5.32 Å². The van der Waals surface area contributed by atoms with Crippen molar-refractivity contribution in [1.29, 1.82) is 0 Å². The number of thioether (sulfide) groups is 1. The number of carbonyl (C=O) groups excluding carboxylic acids is 10. The first kappa shape index (κ1) is 77.9. The molecule has 112 heavy (non-hydrogen) atoms. The van der Waals surface area contributed by atoms with Crippen LogP contribution >= 0.6 is 11.8 Å². The van der Waals surface area contributed by atoms with Gasteiger partial charge in [0.1, 0.15) is 68.0 Å². The molecular weight excluding hydrogens is 1470 g/mol. The van der Waals surface area contributed by atoms with E-state index in [4.69, 9.17) is 66.3 Å². The Bertz CT molecular complexity index is 4740. The van der Waals surface area contributed by atoms with Crippen LogP contribution in [0, 0.1) is 0 Å². The predicted octanol–water partition coefficient (Wildman–Crippen LogP) is 9.97. The molecule has 9 aromatic rings. The Morgan fingerprint density at radius 1 is 0.438 bits per heavy atom. The number of ether oxygens (including phenoxy) is 14. The van der Waals surface area contributed by atoms with Crippen LogP contribution in [0.1, 0.15) is 96.2 Å². The minimum absolute atomic E-state index is 0.00395. The fourth-order valence-corrected chi connectivity index (χ4v) is 14.1. The molecule has 4 aliphatic heterocycles. The van der Waals surface area contributed by atoms with Gasteiger partial charge in [0.2, 0.25) is 5.91 Å². The van der Waals surface area contributed by atoms with Crippen LogP contribution in [-0.4, -0.2) is 181 Å². The summed E-state index contributed by atoms with van der Waals surface area (Å²) in [6, 6.07) is 68.4. The predicted molar refractivity (Wildman–Crippen MR) is 393 cm³/mol. The van der Waals surface area contributed by atoms with Crippen molar-refractivity contribution in [3.8, 4) is 0 Å². The number of fused-ring (bicyclic) bond motifs is 1. The van der Waals surface area contributed by atoms with Gasteiger partial charge in [-0.25, -0.2) is 43.2 Å². The minimum Gasteiger partial charge on any atom is -0.459 e. The van der Waals surface area contributed by atoms with E-state index in [1.54, 1.807) is 152 Å². The maximum atomic E-state index is 16.2. The Balaban J connectivity index is 0.961. The van der Waals surface area contributed by atoms with Crippen LogP contribution in [0.4, 0.5) is 0 Å². The number of amides is 1. The van der Waals surface area contributed by atoms with Gasteiger partial charge in [0.15, 0.2) is 36.8 Å². The Hall–Kier alpha value is -12.2. The van der Waals surface area contributed by atoms with Gasteiger partial charge in [0.25, 0.3) is 5.79 Å². The second-order valence-corrected chi connectivity index (χ2v) is 27.2. The zero-order valence-corrected chi connectivity index (χ0v) is 60.4. The quantitative estimate of drug-likeness (QED) is 0.0376. The monoisotopic (exact) mass is 1540 g/mol. The first-order valence-corrected chi connectivity index (χ1v) is 36.5. The second kappa shape index (κ2) is 36.5. The van der Waals surface area contributed by atoms with Gasteiger partial charge in [0, 0.05) is 11.8 Å². The Labute approximate surface area is 645 Å². The molecule has 27 heteroatoms. The van der Waals surface area contributed by atoms with Crippen molar-refractivity contribution >= 4 is 71.4 Å². The van der Waals surface area contributed by atoms with Gasteiger partial charge in [0.05, 0.1) is 57.0 Å². The summed E-state index contributed by atoms with van der Waals surface area (Å²) in [6.45, 7) is -1.45. The highest BCUT2D eigenvalue weighted by Gasteiger charge is 2.67. The summed E-state index contributed by atoms with van der Waals surface area (Å²) in [6.07, 6.45) is -26.6. The number of esters is 9. The van der Waals surface area contributed by atoms with E-state index >= 15 is 9.59 Å². The lowest BCUT2D eigenvalue weighted by Gasteiger charge is -2.55. The molecule has 574 valence electrons. The number of carbonyl (C=O) groups is 10. The fourth-order valence-electron chi connectivity index (χ4n) is 13.0. The molecule has 4 aliphatic rings. The minimum atomic E-state index is -3.06. The molecule has 1 spiro atoms. The molecule has 0 radical (unpaired) electrons. The van der Waals surface area contributed by atoms with Crippen LogP contribution in [0.2, 0.25) is 0 Å². The van der Waals surface area contributed by atoms with E-state index in [0.29, 0.717) is 4.90 Å². The third kappa shape index (κ3) is 19.0. The zero-order chi connectivity index (χ0) is 78.1. The zero-order valence-electron chi connectivity index (χ0n) is 59.6. The molecule has 16 atom stereocenters. The molecule has 4 fully saturated rings. The normalized spacial score (nSPS) is 24.3. The van der Waals surface area contributed by atoms with E-state index in [9.17, 15) is 43.5 Å². The average molecular weight is 1540 g/mol. The summed E-state index contributed by atoms with van der Waals surface area (Å²) >= 11 is 1.04. The molecule has 4 saturated heterocycles. The standard InChI is InChI=1S/C85H73NO25S/c1-51(87)86-65-61(101-77(92)55-35-17-5-18-36-55)47-85(110-69(65)66(88)62(102-78(93)56-37-19-6-20-38-56)48-98-74(89)52-29-11-2-12-30-52)84(97)109-72-71(111-85)68(105-79(94)57-39-21-7-22-40-57)63(49-99-75(90)53-31-13-3-14-32-53)103-82(72)108-67-64(50-100-76(91)54-33-15-4-16-34-54)104-83(112-60-45-27-10-28-46-60)73(107-81(96)59-43-25-9-26-44-59)70(67)106-80(95)58-41-23-8-24-42-58/h2-46,61-73,82-83,88H,47-50H2,1H3,(H,86,87)/t61-,62+,63+,64+,65+,66+,67+,68-,69+,70-,71-,72+,73+,82-,83-,85-/m0/s1. The van der Waals surface area contributed by atoms with Gasteiger partial charge in [-0.2, -0.15) is 0 Å². The highest BCUT2D eigenvalue weighted by molar-refractivity contribution is 7.99. The van der Waals surface area contributed by atoms with Gasteiger partial charge >= 0.3 is 53.7 Å². The topological polar surface area (TPSA) is 332 Å². The van der Waals surface area contributed by atoms with Gasteiger partial charge in [-0.15, -0.1) is 0 Å². The summed E-state index contributed by atoms with van der Waals surface area (Å²) < 4.78 is 91.2. The molecule has 0 saturated carbocycles. The fraction of sp³-hybridized carbons (Fsp3) is 0.247. The van der Waals surface area contributed by atoms with E-state index in [1.807, 2.05) is 0 Å². The molecule has 4 heterocycles. The Kier molecular flexibility index (Phi) is 25.4. The van der Waals surface area contributed by atoms with E-state index < -0.39 is 183 Å². The van der Waals surface area contributed by atoms with E-state index in [-0.39, 0.29) is 44.5 Å². The maximum Gasteiger partial charge on any atom is 0.367 e. The number of benzene rings is 9. The second-order valence-electron chi connectivity index (χ2n) is 26.0. The maximum absolute atomic E-state index is 16.2. The molecule has 26 nitrogen and oxygen atoms in total. The highest BCUT2D eigenvalue weighted by Crippen LogP contribution is 2.46. The molecule has 9 aromatic carbocycles. The summed E-state index contributed by atoms with van der Waals surface area (Å²) in [5.74, 6) is -13.2. The number of hydrogen-bond acceptors (Lipinski definition) is 26.